The summed E-state index contributed by atoms with van der Waals surface area (Å²) in [5.41, 5.74) is 5.28. The minimum Gasteiger partial charge on any atom is -0.309 e. The van der Waals surface area contributed by atoms with Crippen LogP contribution in [0.15, 0.2) is 59.2 Å². The molecule has 1 aliphatic rings. The van der Waals surface area contributed by atoms with Gasteiger partial charge in [-0.2, -0.15) is 0 Å². The van der Waals surface area contributed by atoms with Gasteiger partial charge in [0.05, 0.1) is 0 Å². The van der Waals surface area contributed by atoms with E-state index in [0.29, 0.717) is 5.70 Å². The Balaban J connectivity index is 1.67. The molecule has 0 unspecified atom stereocenters. The van der Waals surface area contributed by atoms with Crippen LogP contribution in [-0.4, -0.2) is 11.7 Å². The lowest BCUT2D eigenvalue weighted by Gasteiger charge is -2.02. The van der Waals surface area contributed by atoms with Crippen LogP contribution in [0, 0.1) is 6.92 Å². The van der Waals surface area contributed by atoms with Gasteiger partial charge in [0.1, 0.15) is 11.5 Å². The Bertz CT molecular complexity index is 784. The van der Waals surface area contributed by atoms with Crippen molar-refractivity contribution in [2.45, 2.75) is 33.1 Å². The lowest BCUT2D eigenvalue weighted by atomic mass is 10.1. The Morgan fingerprint density at radius 3 is 2.29 bits per heavy atom. The normalized spacial score (nSPS) is 15.5. The summed E-state index contributed by atoms with van der Waals surface area (Å²) in [4.78, 5) is 16.5. The zero-order chi connectivity index (χ0) is 16.9. The number of amidine groups is 1. The molecule has 0 aliphatic carbocycles. The molecular weight excluding hydrogens is 296 g/mol. The Morgan fingerprint density at radius 1 is 0.958 bits per heavy atom. The molecule has 2 aromatic carbocycles. The predicted molar refractivity (Wildman–Crippen MR) is 98.9 cm³/mol. The van der Waals surface area contributed by atoms with Gasteiger partial charge in [-0.3, -0.25) is 4.79 Å². The van der Waals surface area contributed by atoms with E-state index in [1.54, 1.807) is 0 Å². The number of aryl methyl sites for hydroxylation is 3. The Kier molecular flexibility index (Phi) is 4.90. The van der Waals surface area contributed by atoms with Crippen molar-refractivity contribution in [3.05, 3.63) is 76.5 Å². The first-order chi connectivity index (χ1) is 11.6. The third-order valence-corrected chi connectivity index (χ3v) is 4.21. The summed E-state index contributed by atoms with van der Waals surface area (Å²) < 4.78 is 0. The van der Waals surface area contributed by atoms with E-state index >= 15 is 0 Å². The minimum absolute atomic E-state index is 0.117. The van der Waals surface area contributed by atoms with Crippen LogP contribution in [0.1, 0.15) is 35.6 Å². The second-order valence-corrected chi connectivity index (χ2v) is 6.12. The Labute approximate surface area is 143 Å². The highest BCUT2D eigenvalue weighted by Crippen LogP contribution is 2.15. The highest BCUT2D eigenvalue weighted by Gasteiger charge is 2.19. The maximum absolute atomic E-state index is 12.1. The average Bonchev–Trinajstić information content (AvgIpc) is 2.95. The number of aliphatic imine (C=N–C) groups is 1. The van der Waals surface area contributed by atoms with E-state index < -0.39 is 0 Å². The molecule has 0 fully saturated rings. The van der Waals surface area contributed by atoms with Gasteiger partial charge in [0.15, 0.2) is 0 Å². The van der Waals surface area contributed by atoms with Gasteiger partial charge in [-0.15, -0.1) is 0 Å². The molecular formula is C21H22N2O. The zero-order valence-electron chi connectivity index (χ0n) is 14.2. The predicted octanol–water partition coefficient (Wildman–Crippen LogP) is 4.06. The summed E-state index contributed by atoms with van der Waals surface area (Å²) in [6.45, 7) is 4.21. The van der Waals surface area contributed by atoms with Crippen molar-refractivity contribution in [1.82, 2.24) is 5.32 Å². The van der Waals surface area contributed by atoms with Crippen LogP contribution >= 0.6 is 0 Å². The summed E-state index contributed by atoms with van der Waals surface area (Å²) in [5.74, 6) is 0.630. The van der Waals surface area contributed by atoms with E-state index in [0.717, 1.165) is 30.7 Å². The van der Waals surface area contributed by atoms with Crippen LogP contribution in [0.5, 0.6) is 0 Å². The molecule has 1 heterocycles. The smallest absolute Gasteiger partial charge is 0.275 e. The van der Waals surface area contributed by atoms with Crippen molar-refractivity contribution in [2.24, 2.45) is 4.99 Å². The fourth-order valence-corrected chi connectivity index (χ4v) is 2.66. The molecule has 3 heteroatoms. The van der Waals surface area contributed by atoms with Gasteiger partial charge in [-0.1, -0.05) is 61.0 Å². The van der Waals surface area contributed by atoms with Gasteiger partial charge in [-0.05, 0) is 42.5 Å². The molecule has 0 saturated heterocycles. The molecule has 0 aromatic heterocycles. The average molecular weight is 318 g/mol. The quantitative estimate of drug-likeness (QED) is 0.830. The van der Waals surface area contributed by atoms with Crippen LogP contribution < -0.4 is 5.32 Å². The van der Waals surface area contributed by atoms with Gasteiger partial charge in [0, 0.05) is 6.42 Å². The van der Waals surface area contributed by atoms with Crippen LogP contribution in [-0.2, 0) is 17.6 Å². The molecule has 1 amide bonds. The lowest BCUT2D eigenvalue weighted by molar-refractivity contribution is -0.115. The third-order valence-electron chi connectivity index (χ3n) is 4.21. The molecule has 1 N–H and O–H groups in total. The van der Waals surface area contributed by atoms with Crippen LogP contribution in [0.2, 0.25) is 0 Å². The summed E-state index contributed by atoms with van der Waals surface area (Å²) in [6.07, 6.45) is 4.46. The number of rotatable bonds is 5. The van der Waals surface area contributed by atoms with Crippen molar-refractivity contribution in [2.75, 3.05) is 0 Å². The van der Waals surface area contributed by atoms with Gasteiger partial charge in [0.2, 0.25) is 0 Å². The van der Waals surface area contributed by atoms with E-state index in [9.17, 15) is 4.79 Å². The monoisotopic (exact) mass is 318 g/mol. The number of hydrogen-bond donors (Lipinski definition) is 1. The van der Waals surface area contributed by atoms with Crippen molar-refractivity contribution in [3.63, 3.8) is 0 Å². The summed E-state index contributed by atoms with van der Waals surface area (Å²) in [7, 11) is 0. The fourth-order valence-electron chi connectivity index (χ4n) is 2.66. The topological polar surface area (TPSA) is 41.5 Å². The maximum Gasteiger partial charge on any atom is 0.275 e. The molecule has 3 nitrogen and oxygen atoms in total. The SMILES string of the molecule is CCc1ccc(/C=C2/N=C(CCc3ccc(C)cc3)NC2=O)cc1. The number of benzene rings is 2. The molecule has 24 heavy (non-hydrogen) atoms. The van der Waals surface area contributed by atoms with Crippen LogP contribution in [0.4, 0.5) is 0 Å². The van der Waals surface area contributed by atoms with E-state index in [1.807, 2.05) is 18.2 Å². The molecule has 2 aromatic rings. The number of nitrogens with one attached hydrogen (secondary N) is 1. The molecule has 3 rings (SSSR count). The molecule has 0 spiro atoms. The van der Waals surface area contributed by atoms with Gasteiger partial charge in [-0.25, -0.2) is 4.99 Å². The number of nitrogens with zero attached hydrogens (tertiary/aromatic N) is 1. The highest BCUT2D eigenvalue weighted by molar-refractivity contribution is 6.14. The van der Waals surface area contributed by atoms with Crippen LogP contribution in [0.3, 0.4) is 0 Å². The molecule has 0 bridgehead atoms. The Morgan fingerprint density at radius 2 is 1.62 bits per heavy atom. The lowest BCUT2D eigenvalue weighted by Crippen LogP contribution is -2.24. The van der Waals surface area contributed by atoms with Crippen molar-refractivity contribution in [1.29, 1.82) is 0 Å². The fraction of sp³-hybridized carbons (Fsp3) is 0.238. The molecule has 122 valence electrons. The first kappa shape index (κ1) is 16.2. The van der Waals surface area contributed by atoms with Crippen LogP contribution in [0.25, 0.3) is 6.08 Å². The number of amides is 1. The summed E-state index contributed by atoms with van der Waals surface area (Å²) >= 11 is 0. The molecule has 0 saturated carbocycles. The molecule has 1 aliphatic heterocycles. The zero-order valence-corrected chi connectivity index (χ0v) is 14.2. The van der Waals surface area contributed by atoms with Gasteiger partial charge < -0.3 is 5.32 Å². The highest BCUT2D eigenvalue weighted by atomic mass is 16.2. The largest absolute Gasteiger partial charge is 0.309 e. The van der Waals surface area contributed by atoms with Gasteiger partial charge in [0.25, 0.3) is 5.91 Å². The number of hydrogen-bond acceptors (Lipinski definition) is 2. The second-order valence-electron chi connectivity index (χ2n) is 6.12. The van der Waals surface area contributed by atoms with Crippen molar-refractivity contribution >= 4 is 17.8 Å². The summed E-state index contributed by atoms with van der Waals surface area (Å²) in [6, 6.07) is 16.7. The minimum atomic E-state index is -0.117. The third kappa shape index (κ3) is 3.99. The first-order valence-electron chi connectivity index (χ1n) is 8.39. The van der Waals surface area contributed by atoms with E-state index in [2.05, 4.69) is 60.6 Å². The molecule has 0 radical (unpaired) electrons. The van der Waals surface area contributed by atoms with Crippen molar-refractivity contribution in [3.8, 4) is 0 Å². The number of carbonyl (C=O) groups is 1. The van der Waals surface area contributed by atoms with E-state index in [4.69, 9.17) is 0 Å². The number of carbonyl (C=O) groups excluding carboxylic acids is 1. The van der Waals surface area contributed by atoms with E-state index in [-0.39, 0.29) is 5.91 Å². The first-order valence-corrected chi connectivity index (χ1v) is 8.39. The maximum atomic E-state index is 12.1. The van der Waals surface area contributed by atoms with E-state index in [1.165, 1.54) is 16.7 Å². The summed E-state index contributed by atoms with van der Waals surface area (Å²) in [5, 5.41) is 2.87. The second kappa shape index (κ2) is 7.26. The Hall–Kier alpha value is -2.68. The van der Waals surface area contributed by atoms with Gasteiger partial charge >= 0.3 is 0 Å². The molecule has 0 atom stereocenters. The standard InChI is InChI=1S/C21H22N2O/c1-3-16-8-10-18(11-9-16)14-19-21(24)23-20(22-19)13-12-17-6-4-15(2)5-7-17/h4-11,14H,3,12-13H2,1-2H3,(H,22,23,24)/b19-14+. The van der Waals surface area contributed by atoms with Crippen molar-refractivity contribution < 1.29 is 4.79 Å².